The van der Waals surface area contributed by atoms with E-state index in [2.05, 4.69) is 10.1 Å². The van der Waals surface area contributed by atoms with Crippen molar-refractivity contribution in [3.05, 3.63) is 11.7 Å². The first-order valence-electron chi connectivity index (χ1n) is 8.45. The molecule has 23 heavy (non-hydrogen) atoms. The third kappa shape index (κ3) is 5.33. The predicted octanol–water partition coefficient (Wildman–Crippen LogP) is 1.91. The number of hydrogen-bond acceptors (Lipinski definition) is 5. The number of rotatable bonds is 6. The number of hydrogen-bond donors (Lipinski definition) is 0. The molecule has 0 unspecified atom stereocenters. The van der Waals surface area contributed by atoms with Crippen molar-refractivity contribution in [1.29, 1.82) is 0 Å². The van der Waals surface area contributed by atoms with Gasteiger partial charge in [-0.3, -0.25) is 9.59 Å². The van der Waals surface area contributed by atoms with Crippen molar-refractivity contribution in [1.82, 2.24) is 19.9 Å². The third-order valence-corrected chi connectivity index (χ3v) is 4.15. The SMILES string of the molecule is CCN(Cc1noc(C)n1)C(=O)CCC(=O)N1CCCCCC1. The van der Waals surface area contributed by atoms with Crippen molar-refractivity contribution in [2.24, 2.45) is 0 Å². The van der Waals surface area contributed by atoms with Gasteiger partial charge in [0.2, 0.25) is 17.7 Å². The lowest BCUT2D eigenvalue weighted by molar-refractivity contribution is -0.137. The average molecular weight is 322 g/mol. The normalized spacial score (nSPS) is 15.3. The van der Waals surface area contributed by atoms with Crippen LogP contribution in [0.2, 0.25) is 0 Å². The maximum Gasteiger partial charge on any atom is 0.223 e. The van der Waals surface area contributed by atoms with Crippen LogP contribution in [0.15, 0.2) is 4.52 Å². The van der Waals surface area contributed by atoms with Crippen LogP contribution in [0.25, 0.3) is 0 Å². The molecular weight excluding hydrogens is 296 g/mol. The van der Waals surface area contributed by atoms with Crippen LogP contribution in [0, 0.1) is 6.92 Å². The fourth-order valence-electron chi connectivity index (χ4n) is 2.80. The largest absolute Gasteiger partial charge is 0.343 e. The number of aryl methyl sites for hydroxylation is 1. The molecule has 7 nitrogen and oxygen atoms in total. The first-order chi connectivity index (χ1) is 11.1. The maximum atomic E-state index is 12.3. The zero-order valence-electron chi connectivity index (χ0n) is 14.1. The summed E-state index contributed by atoms with van der Waals surface area (Å²) in [7, 11) is 0. The van der Waals surface area contributed by atoms with Gasteiger partial charge in [0.25, 0.3) is 0 Å². The summed E-state index contributed by atoms with van der Waals surface area (Å²) in [4.78, 5) is 32.2. The summed E-state index contributed by atoms with van der Waals surface area (Å²) in [6.07, 6.45) is 5.03. The molecule has 0 spiro atoms. The number of nitrogens with zero attached hydrogens (tertiary/aromatic N) is 4. The van der Waals surface area contributed by atoms with Crippen molar-refractivity contribution in [3.8, 4) is 0 Å². The molecule has 2 rings (SSSR count). The Hall–Kier alpha value is -1.92. The molecule has 0 saturated carbocycles. The summed E-state index contributed by atoms with van der Waals surface area (Å²) in [5.41, 5.74) is 0. The molecule has 1 saturated heterocycles. The Labute approximate surface area is 137 Å². The standard InChI is InChI=1S/C16H26N4O3/c1-3-19(12-14-17-13(2)23-18-14)15(21)8-9-16(22)20-10-6-4-5-7-11-20/h3-12H2,1-2H3. The van der Waals surface area contributed by atoms with E-state index in [-0.39, 0.29) is 24.7 Å². The molecule has 0 N–H and O–H groups in total. The van der Waals surface area contributed by atoms with Crippen LogP contribution in [0.3, 0.4) is 0 Å². The molecule has 2 amide bonds. The summed E-state index contributed by atoms with van der Waals surface area (Å²) in [6, 6.07) is 0. The van der Waals surface area contributed by atoms with Crippen LogP contribution in [0.1, 0.15) is 57.2 Å². The van der Waals surface area contributed by atoms with E-state index in [1.54, 1.807) is 11.8 Å². The highest BCUT2D eigenvalue weighted by Gasteiger charge is 2.19. The van der Waals surface area contributed by atoms with E-state index in [4.69, 9.17) is 4.52 Å². The molecule has 0 aliphatic carbocycles. The van der Waals surface area contributed by atoms with E-state index in [1.807, 2.05) is 11.8 Å². The van der Waals surface area contributed by atoms with Gasteiger partial charge in [-0.05, 0) is 19.8 Å². The molecule has 1 aromatic heterocycles. The van der Waals surface area contributed by atoms with Gasteiger partial charge in [0.15, 0.2) is 5.82 Å². The average Bonchev–Trinajstić information content (AvgIpc) is 2.79. The summed E-state index contributed by atoms with van der Waals surface area (Å²) in [5.74, 6) is 1.03. The highest BCUT2D eigenvalue weighted by Crippen LogP contribution is 2.12. The van der Waals surface area contributed by atoms with Gasteiger partial charge in [0.1, 0.15) is 0 Å². The molecule has 0 bridgehead atoms. The zero-order chi connectivity index (χ0) is 16.7. The minimum atomic E-state index is -0.0434. The van der Waals surface area contributed by atoms with Crippen LogP contribution in [0.4, 0.5) is 0 Å². The first-order valence-corrected chi connectivity index (χ1v) is 8.45. The van der Waals surface area contributed by atoms with E-state index < -0.39 is 0 Å². The van der Waals surface area contributed by atoms with Crippen LogP contribution in [0.5, 0.6) is 0 Å². The molecule has 1 aliphatic heterocycles. The van der Waals surface area contributed by atoms with Crippen molar-refractivity contribution >= 4 is 11.8 Å². The Kier molecular flexibility index (Phi) is 6.55. The predicted molar refractivity (Wildman–Crippen MR) is 84.4 cm³/mol. The molecule has 1 aliphatic rings. The van der Waals surface area contributed by atoms with Crippen LogP contribution < -0.4 is 0 Å². The molecule has 2 heterocycles. The minimum Gasteiger partial charge on any atom is -0.343 e. The summed E-state index contributed by atoms with van der Waals surface area (Å²) < 4.78 is 4.92. The van der Waals surface area contributed by atoms with Crippen molar-refractivity contribution < 1.29 is 14.1 Å². The second kappa shape index (κ2) is 8.64. The van der Waals surface area contributed by atoms with Crippen molar-refractivity contribution in [2.75, 3.05) is 19.6 Å². The lowest BCUT2D eigenvalue weighted by Gasteiger charge is -2.22. The molecule has 128 valence electrons. The fourth-order valence-corrected chi connectivity index (χ4v) is 2.80. The number of carbonyl (C=O) groups is 2. The highest BCUT2D eigenvalue weighted by molar-refractivity contribution is 5.83. The molecule has 1 fully saturated rings. The van der Waals surface area contributed by atoms with E-state index >= 15 is 0 Å². The Balaban J connectivity index is 1.80. The Morgan fingerprint density at radius 1 is 1.17 bits per heavy atom. The fraction of sp³-hybridized carbons (Fsp3) is 0.750. The molecule has 0 aromatic carbocycles. The Morgan fingerprint density at radius 2 is 1.87 bits per heavy atom. The molecular formula is C16H26N4O3. The summed E-state index contributed by atoms with van der Waals surface area (Å²) in [6.45, 7) is 6.16. The highest BCUT2D eigenvalue weighted by atomic mass is 16.5. The summed E-state index contributed by atoms with van der Waals surface area (Å²) in [5, 5.41) is 3.81. The van der Waals surface area contributed by atoms with E-state index in [0.29, 0.717) is 24.8 Å². The van der Waals surface area contributed by atoms with E-state index in [1.165, 1.54) is 12.8 Å². The van der Waals surface area contributed by atoms with Crippen LogP contribution in [-0.4, -0.2) is 51.4 Å². The quantitative estimate of drug-likeness (QED) is 0.799. The third-order valence-electron chi connectivity index (χ3n) is 4.15. The number of amides is 2. The molecule has 0 atom stereocenters. The van der Waals surface area contributed by atoms with Gasteiger partial charge in [-0.15, -0.1) is 0 Å². The summed E-state index contributed by atoms with van der Waals surface area (Å²) >= 11 is 0. The van der Waals surface area contributed by atoms with Crippen LogP contribution >= 0.6 is 0 Å². The zero-order valence-corrected chi connectivity index (χ0v) is 14.1. The second-order valence-corrected chi connectivity index (χ2v) is 5.93. The smallest absolute Gasteiger partial charge is 0.223 e. The monoisotopic (exact) mass is 322 g/mol. The lowest BCUT2D eigenvalue weighted by atomic mass is 10.2. The lowest BCUT2D eigenvalue weighted by Crippen LogP contribution is -2.34. The van der Waals surface area contributed by atoms with Gasteiger partial charge >= 0.3 is 0 Å². The topological polar surface area (TPSA) is 79.5 Å². The number of carbonyl (C=O) groups excluding carboxylic acids is 2. The molecule has 0 radical (unpaired) electrons. The van der Waals surface area contributed by atoms with Gasteiger partial charge in [0, 0.05) is 39.4 Å². The minimum absolute atomic E-state index is 0.0434. The maximum absolute atomic E-state index is 12.3. The van der Waals surface area contributed by atoms with Crippen molar-refractivity contribution in [3.63, 3.8) is 0 Å². The molecule has 7 heteroatoms. The van der Waals surface area contributed by atoms with Gasteiger partial charge in [-0.25, -0.2) is 0 Å². The van der Waals surface area contributed by atoms with E-state index in [9.17, 15) is 9.59 Å². The van der Waals surface area contributed by atoms with Gasteiger partial charge in [0.05, 0.1) is 6.54 Å². The number of aromatic nitrogens is 2. The van der Waals surface area contributed by atoms with Crippen LogP contribution in [-0.2, 0) is 16.1 Å². The number of likely N-dealkylation sites (tertiary alicyclic amines) is 1. The van der Waals surface area contributed by atoms with Gasteiger partial charge in [-0.2, -0.15) is 4.98 Å². The van der Waals surface area contributed by atoms with Gasteiger partial charge in [-0.1, -0.05) is 18.0 Å². The van der Waals surface area contributed by atoms with E-state index in [0.717, 1.165) is 25.9 Å². The van der Waals surface area contributed by atoms with Crippen molar-refractivity contribution in [2.45, 2.75) is 58.9 Å². The Morgan fingerprint density at radius 3 is 2.43 bits per heavy atom. The van der Waals surface area contributed by atoms with Gasteiger partial charge < -0.3 is 14.3 Å². The Bertz CT molecular complexity index is 521. The first kappa shape index (κ1) is 17.4. The molecule has 1 aromatic rings. The second-order valence-electron chi connectivity index (χ2n) is 5.93.